The summed E-state index contributed by atoms with van der Waals surface area (Å²) in [7, 11) is -1.75. The molecule has 0 bridgehead atoms. The van der Waals surface area contributed by atoms with E-state index in [9.17, 15) is 5.11 Å². The van der Waals surface area contributed by atoms with E-state index in [1.165, 1.54) is 6.42 Å². The van der Waals surface area contributed by atoms with Crippen molar-refractivity contribution in [2.75, 3.05) is 6.61 Å². The van der Waals surface area contributed by atoms with E-state index in [4.69, 9.17) is 9.16 Å². The molecule has 1 heterocycles. The van der Waals surface area contributed by atoms with Crippen LogP contribution in [0.1, 0.15) is 60.3 Å². The number of fused-ring (bicyclic) bond motifs is 1. The summed E-state index contributed by atoms with van der Waals surface area (Å²) in [5.74, 6) is 1.17. The third-order valence-electron chi connectivity index (χ3n) is 9.26. The Morgan fingerprint density at radius 3 is 2.62 bits per heavy atom. The van der Waals surface area contributed by atoms with Crippen LogP contribution in [-0.2, 0) is 9.16 Å². The van der Waals surface area contributed by atoms with Crippen LogP contribution in [0.25, 0.3) is 0 Å². The van der Waals surface area contributed by atoms with Gasteiger partial charge in [-0.3, -0.25) is 0 Å². The van der Waals surface area contributed by atoms with Crippen LogP contribution < -0.4 is 0 Å². The van der Waals surface area contributed by atoms with Gasteiger partial charge in [0.05, 0.1) is 24.4 Å². The molecule has 0 aromatic rings. The number of hydrogen-bond acceptors (Lipinski definition) is 3. The van der Waals surface area contributed by atoms with Gasteiger partial charge in [-0.05, 0) is 55.7 Å². The van der Waals surface area contributed by atoms with Crippen molar-refractivity contribution in [3.8, 4) is 0 Å². The Morgan fingerprint density at radius 1 is 1.27 bits per heavy atom. The monoisotopic (exact) mass is 378 g/mol. The second-order valence-corrected chi connectivity index (χ2v) is 16.2. The summed E-state index contributed by atoms with van der Waals surface area (Å²) >= 11 is 0. The highest BCUT2D eigenvalue weighted by Gasteiger charge is 2.82. The Labute approximate surface area is 160 Å². The van der Waals surface area contributed by atoms with Crippen molar-refractivity contribution < 1.29 is 14.3 Å². The standard InChI is InChI=1S/C22H38O3Si/c1-15-11-17(14-24-26(6,7)19(2,3)4)25-22(15)13-16-12-21(16)18(23)9-8-10-20(21,22)5/h8-9,15-18,23H,10-14H2,1-7H3/t15-,16?,17+,18-,20+,21+,22-/m1/s1. The fourth-order valence-electron chi connectivity index (χ4n) is 6.51. The molecule has 0 radical (unpaired) electrons. The zero-order chi connectivity index (χ0) is 19.2. The lowest BCUT2D eigenvalue weighted by Crippen LogP contribution is -2.55. The first-order valence-electron chi connectivity index (χ1n) is 10.6. The molecule has 1 unspecified atom stereocenters. The van der Waals surface area contributed by atoms with Gasteiger partial charge in [-0.2, -0.15) is 0 Å². The molecule has 0 aromatic heterocycles. The topological polar surface area (TPSA) is 38.7 Å². The van der Waals surface area contributed by atoms with E-state index in [0.29, 0.717) is 11.8 Å². The number of ether oxygens (including phenoxy) is 1. The van der Waals surface area contributed by atoms with Crippen LogP contribution in [0.15, 0.2) is 12.2 Å². The van der Waals surface area contributed by atoms with Crippen molar-refractivity contribution in [2.45, 2.75) is 96.2 Å². The van der Waals surface area contributed by atoms with Gasteiger partial charge >= 0.3 is 0 Å². The number of aliphatic hydroxyl groups excluding tert-OH is 1. The minimum atomic E-state index is -1.75. The summed E-state index contributed by atoms with van der Waals surface area (Å²) < 4.78 is 13.4. The largest absolute Gasteiger partial charge is 0.414 e. The van der Waals surface area contributed by atoms with Crippen LogP contribution in [0.5, 0.6) is 0 Å². The Morgan fingerprint density at radius 2 is 1.96 bits per heavy atom. The summed E-state index contributed by atoms with van der Waals surface area (Å²) in [4.78, 5) is 0. The fourth-order valence-corrected chi connectivity index (χ4v) is 7.54. The molecule has 1 N–H and O–H groups in total. The summed E-state index contributed by atoms with van der Waals surface area (Å²) in [5.41, 5.74) is 0.0538. The zero-order valence-corrected chi connectivity index (χ0v) is 18.8. The molecular weight excluding hydrogens is 340 g/mol. The van der Waals surface area contributed by atoms with Crippen molar-refractivity contribution in [2.24, 2.45) is 22.7 Å². The lowest BCUT2D eigenvalue weighted by atomic mass is 9.57. The smallest absolute Gasteiger partial charge is 0.192 e. The molecular formula is C22H38O3Si. The Kier molecular flexibility index (Phi) is 4.03. The number of hydrogen-bond donors (Lipinski definition) is 1. The summed E-state index contributed by atoms with van der Waals surface area (Å²) in [5, 5.41) is 11.0. The highest BCUT2D eigenvalue weighted by Crippen LogP contribution is 2.82. The van der Waals surface area contributed by atoms with Crippen molar-refractivity contribution in [3.05, 3.63) is 12.2 Å². The highest BCUT2D eigenvalue weighted by atomic mass is 28.4. The van der Waals surface area contributed by atoms with Gasteiger partial charge in [0.25, 0.3) is 0 Å². The SMILES string of the molecule is C[C@@H]1C[C@@H](CO[Si](C)(C)C(C)(C)C)O[C@]12CC1C[C@@]13[C@H](O)C=CC[C@@]32C. The van der Waals surface area contributed by atoms with Crippen LogP contribution in [0.2, 0.25) is 18.1 Å². The Hall–Kier alpha value is -0.163. The lowest BCUT2D eigenvalue weighted by Gasteiger charge is -2.51. The van der Waals surface area contributed by atoms with E-state index in [0.717, 1.165) is 25.9 Å². The molecule has 2 saturated carbocycles. The molecule has 26 heavy (non-hydrogen) atoms. The molecule has 4 aliphatic rings. The van der Waals surface area contributed by atoms with Gasteiger partial charge in [0.15, 0.2) is 8.32 Å². The first-order chi connectivity index (χ1) is 11.9. The molecule has 7 atom stereocenters. The quantitative estimate of drug-likeness (QED) is 0.560. The Bertz CT molecular complexity index is 623. The van der Waals surface area contributed by atoms with Gasteiger partial charge in [-0.1, -0.05) is 46.8 Å². The summed E-state index contributed by atoms with van der Waals surface area (Å²) in [6.45, 7) is 17.0. The van der Waals surface area contributed by atoms with Gasteiger partial charge in [-0.15, -0.1) is 0 Å². The van der Waals surface area contributed by atoms with E-state index < -0.39 is 8.32 Å². The maximum atomic E-state index is 10.8. The predicted molar refractivity (Wildman–Crippen MR) is 108 cm³/mol. The van der Waals surface area contributed by atoms with Gasteiger partial charge in [-0.25, -0.2) is 0 Å². The normalized spacial score (nSPS) is 50.2. The number of aliphatic hydroxyl groups is 1. The van der Waals surface area contributed by atoms with Crippen LogP contribution in [0.4, 0.5) is 0 Å². The van der Waals surface area contributed by atoms with Crippen LogP contribution in [0, 0.1) is 22.7 Å². The first-order valence-corrected chi connectivity index (χ1v) is 13.5. The summed E-state index contributed by atoms with van der Waals surface area (Å²) in [6, 6.07) is 0. The Balaban J connectivity index is 1.53. The molecule has 0 aromatic carbocycles. The van der Waals surface area contributed by atoms with E-state index in [1.54, 1.807) is 0 Å². The average Bonchev–Trinajstić information content (AvgIpc) is 3.07. The maximum Gasteiger partial charge on any atom is 0.192 e. The van der Waals surface area contributed by atoms with Crippen LogP contribution in [-0.4, -0.2) is 37.8 Å². The molecule has 3 nitrogen and oxygen atoms in total. The highest BCUT2D eigenvalue weighted by molar-refractivity contribution is 6.74. The molecule has 3 fully saturated rings. The van der Waals surface area contributed by atoms with Crippen molar-refractivity contribution >= 4 is 8.32 Å². The lowest BCUT2D eigenvalue weighted by molar-refractivity contribution is -0.163. The molecule has 2 spiro atoms. The molecule has 148 valence electrons. The predicted octanol–water partition coefficient (Wildman–Crippen LogP) is 4.91. The van der Waals surface area contributed by atoms with E-state index in [1.807, 2.05) is 6.08 Å². The van der Waals surface area contributed by atoms with Crippen LogP contribution in [0.3, 0.4) is 0 Å². The molecule has 1 aliphatic heterocycles. The van der Waals surface area contributed by atoms with Gasteiger partial charge in [0.2, 0.25) is 0 Å². The van der Waals surface area contributed by atoms with Gasteiger partial charge in [0.1, 0.15) is 0 Å². The van der Waals surface area contributed by atoms with Crippen LogP contribution >= 0.6 is 0 Å². The molecule has 3 aliphatic carbocycles. The number of rotatable bonds is 3. The third kappa shape index (κ3) is 2.22. The van der Waals surface area contributed by atoms with Crippen molar-refractivity contribution in [3.63, 3.8) is 0 Å². The maximum absolute atomic E-state index is 10.8. The fraction of sp³-hybridized carbons (Fsp3) is 0.909. The zero-order valence-electron chi connectivity index (χ0n) is 17.8. The van der Waals surface area contributed by atoms with Crippen molar-refractivity contribution in [1.29, 1.82) is 0 Å². The third-order valence-corrected chi connectivity index (χ3v) is 13.8. The summed E-state index contributed by atoms with van der Waals surface area (Å²) in [6.07, 6.45) is 8.59. The second-order valence-electron chi connectivity index (χ2n) is 11.4. The molecule has 4 heteroatoms. The van der Waals surface area contributed by atoms with E-state index in [-0.39, 0.29) is 33.7 Å². The van der Waals surface area contributed by atoms with E-state index >= 15 is 0 Å². The first kappa shape index (κ1) is 19.2. The van der Waals surface area contributed by atoms with Crippen molar-refractivity contribution in [1.82, 2.24) is 0 Å². The van der Waals surface area contributed by atoms with E-state index in [2.05, 4.69) is 53.8 Å². The molecule has 0 amide bonds. The average molecular weight is 379 g/mol. The van der Waals surface area contributed by atoms with Gasteiger partial charge < -0.3 is 14.3 Å². The second kappa shape index (κ2) is 5.46. The minimum Gasteiger partial charge on any atom is -0.414 e. The molecule has 1 saturated heterocycles. The number of allylic oxidation sites excluding steroid dienone is 1. The van der Waals surface area contributed by atoms with Gasteiger partial charge in [0, 0.05) is 10.8 Å². The minimum absolute atomic E-state index is 0.0595. The molecule has 4 rings (SSSR count).